The zero-order valence-electron chi connectivity index (χ0n) is 33.0. The van der Waals surface area contributed by atoms with Crippen molar-refractivity contribution < 1.29 is 36.9 Å². The van der Waals surface area contributed by atoms with Crippen molar-refractivity contribution in [2.24, 2.45) is 0 Å². The van der Waals surface area contributed by atoms with E-state index in [-0.39, 0.29) is 25.8 Å². The molecule has 0 saturated heterocycles. The second-order valence-electron chi connectivity index (χ2n) is 10.2. The summed E-state index contributed by atoms with van der Waals surface area (Å²) in [5.74, 6) is 0. The van der Waals surface area contributed by atoms with Gasteiger partial charge in [-0.3, -0.25) is 0 Å². The second kappa shape index (κ2) is 13.1. The molecule has 0 N–H and O–H groups in total. The predicted octanol–water partition coefficient (Wildman–Crippen LogP) is 9.97. The van der Waals surface area contributed by atoms with Crippen LogP contribution in [0, 0.1) is 26.0 Å². The minimum atomic E-state index is -3.38. The van der Waals surface area contributed by atoms with Crippen LogP contribution in [0.3, 0.4) is 0 Å². The normalized spacial score (nSPS) is 15.0. The average molecular weight is 761 g/mol. The zero-order chi connectivity index (χ0) is 37.5. The van der Waals surface area contributed by atoms with Crippen molar-refractivity contribution in [2.75, 3.05) is 0 Å². The van der Waals surface area contributed by atoms with Crippen LogP contribution in [0.15, 0.2) is 114 Å². The van der Waals surface area contributed by atoms with Gasteiger partial charge in [-0.2, -0.15) is 0 Å². The molecule has 4 nitrogen and oxygen atoms in total. The molecule has 7 rings (SSSR count). The molecule has 5 heteroatoms. The molecule has 3 aromatic carbocycles. The fourth-order valence-corrected chi connectivity index (χ4v) is 5.05. The molecule has 0 amide bonds. The number of furan rings is 1. The number of pyridine rings is 3. The van der Waals surface area contributed by atoms with Gasteiger partial charge >= 0.3 is 0 Å². The van der Waals surface area contributed by atoms with E-state index in [4.69, 9.17) is 21.7 Å². The summed E-state index contributed by atoms with van der Waals surface area (Å²) >= 11 is 0. The first-order valence-electron chi connectivity index (χ1n) is 18.2. The molecule has 4 heterocycles. The molecule has 0 unspecified atom stereocenters. The molecule has 0 saturated carbocycles. The van der Waals surface area contributed by atoms with Gasteiger partial charge in [0.15, 0.2) is 0 Å². The maximum absolute atomic E-state index is 8.04. The second-order valence-corrected chi connectivity index (χ2v) is 10.2. The van der Waals surface area contributed by atoms with E-state index in [1.54, 1.807) is 18.3 Å². The zero-order valence-corrected chi connectivity index (χ0v) is 26.4. The number of benzene rings is 3. The molecule has 4 aromatic heterocycles. The fraction of sp³-hybridized carbons (Fsp3) is 0.154. The standard InChI is InChI=1S/C28H25N2O.C11H8N.Ir/c1-17-8-6-9-18(2)25(17)23-13-12-21-20-10-7-11-22(26(20)31-27(21)30-23)24-16-19(14-15-29-24)28(3,4)5;1-2-6-10(7-3-1)11-8-4-5-9-12-11;/h6-10,12-16H,1-5H3;1-6,8-9H;/q2*-1;/i3D3,4D3,5D3;;. The van der Waals surface area contributed by atoms with Crippen molar-refractivity contribution in [1.29, 1.82) is 0 Å². The Bertz CT molecular complexity index is 2260. The van der Waals surface area contributed by atoms with Crippen LogP contribution in [0.2, 0.25) is 0 Å². The van der Waals surface area contributed by atoms with Gasteiger partial charge < -0.3 is 14.4 Å². The molecule has 0 bridgehead atoms. The Morgan fingerprint density at radius 3 is 2.23 bits per heavy atom. The minimum Gasteiger partial charge on any atom is -0.486 e. The van der Waals surface area contributed by atoms with Gasteiger partial charge in [-0.1, -0.05) is 67.9 Å². The van der Waals surface area contributed by atoms with Crippen LogP contribution in [0.5, 0.6) is 0 Å². The first-order chi connectivity index (χ1) is 24.5. The van der Waals surface area contributed by atoms with Gasteiger partial charge in [0.05, 0.1) is 11.3 Å². The van der Waals surface area contributed by atoms with Crippen LogP contribution in [0.4, 0.5) is 0 Å². The summed E-state index contributed by atoms with van der Waals surface area (Å²) < 4.78 is 78.6. The molecule has 0 fully saturated rings. The van der Waals surface area contributed by atoms with E-state index in [9.17, 15) is 0 Å². The number of fused-ring (bicyclic) bond motifs is 3. The van der Waals surface area contributed by atoms with Gasteiger partial charge in [-0.15, -0.1) is 54.1 Å². The van der Waals surface area contributed by atoms with E-state index in [0.29, 0.717) is 22.2 Å². The van der Waals surface area contributed by atoms with Gasteiger partial charge in [0.25, 0.3) is 0 Å². The molecule has 1 radical (unpaired) electrons. The van der Waals surface area contributed by atoms with E-state index in [1.807, 2.05) is 86.6 Å². The molecule has 0 aliphatic carbocycles. The first-order valence-corrected chi connectivity index (χ1v) is 13.7. The fourth-order valence-electron chi connectivity index (χ4n) is 5.05. The number of aromatic nitrogens is 3. The van der Waals surface area contributed by atoms with Crippen LogP contribution in [-0.4, -0.2) is 15.0 Å². The third-order valence-electron chi connectivity index (χ3n) is 7.13. The topological polar surface area (TPSA) is 51.8 Å². The number of hydrogen-bond donors (Lipinski definition) is 0. The quantitative estimate of drug-likeness (QED) is 0.168. The Kier molecular flexibility index (Phi) is 6.32. The first kappa shape index (κ1) is 21.3. The third kappa shape index (κ3) is 6.40. The monoisotopic (exact) mass is 761 g/mol. The van der Waals surface area contributed by atoms with Gasteiger partial charge in [-0.25, -0.2) is 4.98 Å². The Morgan fingerprint density at radius 2 is 1.50 bits per heavy atom. The maximum atomic E-state index is 8.04. The number of hydrogen-bond acceptors (Lipinski definition) is 4. The van der Waals surface area contributed by atoms with Gasteiger partial charge in [0.2, 0.25) is 5.71 Å². The SMILES string of the molecule is [2H]C([2H])([2H])C(c1ccnc(-c2[c-]ccc3c2oc2nc(-c4c(C)cccc4C)ccc23)c1)(C([2H])([2H])[2H])C([2H])([2H])[2H].[Ir].[c-]1ccccc1-c1ccccn1. The van der Waals surface area contributed by atoms with Crippen molar-refractivity contribution in [3.05, 3.63) is 138 Å². The predicted molar refractivity (Wildman–Crippen MR) is 176 cm³/mol. The molecule has 0 aliphatic heterocycles. The van der Waals surface area contributed by atoms with Crippen molar-refractivity contribution >= 4 is 22.1 Å². The van der Waals surface area contributed by atoms with Crippen molar-refractivity contribution in [1.82, 2.24) is 15.0 Å². The minimum absolute atomic E-state index is 0. The van der Waals surface area contributed by atoms with E-state index >= 15 is 0 Å². The molecule has 0 spiro atoms. The summed E-state index contributed by atoms with van der Waals surface area (Å²) in [6.07, 6.45) is 2.99. The Balaban J connectivity index is 0.000000352. The van der Waals surface area contributed by atoms with Crippen LogP contribution >= 0.6 is 0 Å². The molecular weight excluding hydrogens is 719 g/mol. The molecule has 7 aromatic rings. The molecule has 0 aliphatic rings. The van der Waals surface area contributed by atoms with Gasteiger partial charge in [-0.05, 0) is 71.6 Å². The smallest absolute Gasteiger partial charge is 0.216 e. The van der Waals surface area contributed by atoms with Crippen LogP contribution in [0.25, 0.3) is 55.8 Å². The van der Waals surface area contributed by atoms with Crippen LogP contribution in [0.1, 0.15) is 49.6 Å². The summed E-state index contributed by atoms with van der Waals surface area (Å²) in [6.45, 7) is -6.13. The van der Waals surface area contributed by atoms with Crippen LogP contribution < -0.4 is 0 Å². The molecular formula is C39H33IrN3O-2. The summed E-state index contributed by atoms with van der Waals surface area (Å²) in [5, 5.41) is 1.43. The van der Waals surface area contributed by atoms with Crippen LogP contribution in [-0.2, 0) is 25.5 Å². The van der Waals surface area contributed by atoms with E-state index in [2.05, 4.69) is 22.1 Å². The van der Waals surface area contributed by atoms with E-state index in [0.717, 1.165) is 45.1 Å². The maximum Gasteiger partial charge on any atom is 0.216 e. The van der Waals surface area contributed by atoms with Gasteiger partial charge in [0.1, 0.15) is 0 Å². The average Bonchev–Trinajstić information content (AvgIpc) is 3.46. The van der Waals surface area contributed by atoms with Crippen molar-refractivity contribution in [2.45, 2.75) is 39.8 Å². The van der Waals surface area contributed by atoms with E-state index < -0.39 is 31.5 Å². The Hall–Kier alpha value is -4.44. The van der Waals surface area contributed by atoms with Crippen molar-refractivity contribution in [3.63, 3.8) is 0 Å². The summed E-state index contributed by atoms with van der Waals surface area (Å²) in [6, 6.07) is 35.5. The molecule has 44 heavy (non-hydrogen) atoms. The number of nitrogens with zero attached hydrogens (tertiary/aromatic N) is 3. The number of rotatable bonds is 3. The van der Waals surface area contributed by atoms with E-state index in [1.165, 1.54) is 12.3 Å². The molecule has 221 valence electrons. The van der Waals surface area contributed by atoms with Crippen molar-refractivity contribution in [3.8, 4) is 33.8 Å². The third-order valence-corrected chi connectivity index (χ3v) is 7.13. The molecule has 0 atom stereocenters. The number of aryl methyl sites for hydroxylation is 2. The Labute approximate surface area is 285 Å². The van der Waals surface area contributed by atoms with Gasteiger partial charge in [0, 0.05) is 55.8 Å². The Morgan fingerprint density at radius 1 is 0.705 bits per heavy atom. The summed E-state index contributed by atoms with van der Waals surface area (Å²) in [7, 11) is 0. The largest absolute Gasteiger partial charge is 0.486 e. The summed E-state index contributed by atoms with van der Waals surface area (Å²) in [4.78, 5) is 13.3. The summed E-state index contributed by atoms with van der Waals surface area (Å²) in [5.41, 5.74) is 3.52.